The van der Waals surface area contributed by atoms with E-state index in [1.165, 1.54) is 0 Å². The predicted molar refractivity (Wildman–Crippen MR) is 98.7 cm³/mol. The molecular weight excluding hydrogens is 360 g/mol. The molecule has 1 aliphatic rings. The first kappa shape index (κ1) is 18.2. The molecule has 9 nitrogen and oxygen atoms in total. The van der Waals surface area contributed by atoms with Gasteiger partial charge >= 0.3 is 0 Å². The third kappa shape index (κ3) is 4.21. The highest BCUT2D eigenvalue weighted by molar-refractivity contribution is 5.83. The van der Waals surface area contributed by atoms with Crippen molar-refractivity contribution in [3.8, 4) is 11.5 Å². The van der Waals surface area contributed by atoms with Crippen LogP contribution in [-0.4, -0.2) is 57.2 Å². The molecule has 1 fully saturated rings. The Morgan fingerprint density at radius 2 is 2.07 bits per heavy atom. The SMILES string of the molecule is O=C(NCc1nc(-c2ccccn2)no1)[C@H](c1cccnc1)N1CCOCC1. The number of carbonyl (C=O) groups excluding carboxylic acids is 1. The van der Waals surface area contributed by atoms with E-state index in [0.717, 1.165) is 5.56 Å². The highest BCUT2D eigenvalue weighted by Gasteiger charge is 2.29. The molecule has 3 aromatic heterocycles. The van der Waals surface area contributed by atoms with Crippen LogP contribution >= 0.6 is 0 Å². The van der Waals surface area contributed by atoms with Crippen molar-refractivity contribution >= 4 is 5.91 Å². The maximum Gasteiger partial charge on any atom is 0.246 e. The number of hydrogen-bond acceptors (Lipinski definition) is 8. The molecule has 0 aromatic carbocycles. The number of pyridine rings is 2. The van der Waals surface area contributed by atoms with E-state index in [-0.39, 0.29) is 12.5 Å². The van der Waals surface area contributed by atoms with Crippen LogP contribution in [0, 0.1) is 0 Å². The van der Waals surface area contributed by atoms with E-state index in [1.54, 1.807) is 24.7 Å². The lowest BCUT2D eigenvalue weighted by Crippen LogP contribution is -2.45. The Hall–Kier alpha value is -3.17. The summed E-state index contributed by atoms with van der Waals surface area (Å²) in [6.45, 7) is 2.69. The number of rotatable bonds is 6. The van der Waals surface area contributed by atoms with Crippen LogP contribution in [0.1, 0.15) is 17.5 Å². The minimum Gasteiger partial charge on any atom is -0.379 e. The van der Waals surface area contributed by atoms with Gasteiger partial charge in [0.25, 0.3) is 0 Å². The van der Waals surface area contributed by atoms with Gasteiger partial charge in [-0.3, -0.25) is 19.7 Å². The predicted octanol–water partition coefficient (Wildman–Crippen LogP) is 1.22. The highest BCUT2D eigenvalue weighted by Crippen LogP contribution is 2.21. The van der Waals surface area contributed by atoms with Crippen LogP contribution in [0.5, 0.6) is 0 Å². The Balaban J connectivity index is 1.45. The number of carbonyl (C=O) groups is 1. The second kappa shape index (κ2) is 8.68. The van der Waals surface area contributed by atoms with Crippen LogP contribution in [0.3, 0.4) is 0 Å². The lowest BCUT2D eigenvalue weighted by molar-refractivity contribution is -0.128. The van der Waals surface area contributed by atoms with E-state index in [2.05, 4.69) is 30.3 Å². The van der Waals surface area contributed by atoms with Crippen molar-refractivity contribution in [3.63, 3.8) is 0 Å². The van der Waals surface area contributed by atoms with E-state index in [4.69, 9.17) is 9.26 Å². The third-order valence-corrected chi connectivity index (χ3v) is 4.44. The molecule has 0 unspecified atom stereocenters. The average molecular weight is 380 g/mol. The molecule has 1 saturated heterocycles. The molecule has 0 saturated carbocycles. The first-order valence-electron chi connectivity index (χ1n) is 9.05. The zero-order chi connectivity index (χ0) is 19.2. The van der Waals surface area contributed by atoms with Gasteiger partial charge in [0.05, 0.1) is 19.8 Å². The van der Waals surface area contributed by atoms with Crippen molar-refractivity contribution in [1.82, 2.24) is 30.3 Å². The smallest absolute Gasteiger partial charge is 0.246 e. The van der Waals surface area contributed by atoms with Crippen LogP contribution in [0.25, 0.3) is 11.5 Å². The number of nitrogens with one attached hydrogen (secondary N) is 1. The fraction of sp³-hybridized carbons (Fsp3) is 0.316. The van der Waals surface area contributed by atoms with Gasteiger partial charge in [0.2, 0.25) is 17.6 Å². The Morgan fingerprint density at radius 1 is 1.18 bits per heavy atom. The highest BCUT2D eigenvalue weighted by atomic mass is 16.5. The summed E-state index contributed by atoms with van der Waals surface area (Å²) in [4.78, 5) is 27.7. The number of nitrogens with zero attached hydrogens (tertiary/aromatic N) is 5. The molecule has 1 amide bonds. The van der Waals surface area contributed by atoms with Gasteiger partial charge in [-0.15, -0.1) is 0 Å². The normalized spacial score (nSPS) is 15.9. The summed E-state index contributed by atoms with van der Waals surface area (Å²) in [6, 6.07) is 8.74. The summed E-state index contributed by atoms with van der Waals surface area (Å²) in [5, 5.41) is 6.81. The largest absolute Gasteiger partial charge is 0.379 e. The molecule has 0 bridgehead atoms. The van der Waals surface area contributed by atoms with Gasteiger partial charge < -0.3 is 14.6 Å². The van der Waals surface area contributed by atoms with Crippen molar-refractivity contribution in [2.75, 3.05) is 26.3 Å². The molecule has 4 rings (SSSR count). The summed E-state index contributed by atoms with van der Waals surface area (Å²) in [6.07, 6.45) is 5.06. The number of amides is 1. The maximum atomic E-state index is 13.0. The Labute approximate surface area is 161 Å². The second-order valence-electron chi connectivity index (χ2n) is 6.28. The summed E-state index contributed by atoms with van der Waals surface area (Å²) in [5.41, 5.74) is 1.45. The van der Waals surface area contributed by atoms with E-state index >= 15 is 0 Å². The molecule has 4 heterocycles. The molecule has 9 heteroatoms. The van der Waals surface area contributed by atoms with Gasteiger partial charge in [-0.25, -0.2) is 0 Å². The van der Waals surface area contributed by atoms with Crippen molar-refractivity contribution in [2.24, 2.45) is 0 Å². The molecule has 144 valence electrons. The second-order valence-corrected chi connectivity index (χ2v) is 6.28. The van der Waals surface area contributed by atoms with Crippen LogP contribution < -0.4 is 5.32 Å². The zero-order valence-corrected chi connectivity index (χ0v) is 15.2. The standard InChI is InChI=1S/C19H20N6O3/c26-19(17(14-4-3-6-20-12-14)25-8-10-27-11-9-25)22-13-16-23-18(24-28-16)15-5-1-2-7-21-15/h1-7,12,17H,8-11,13H2,(H,22,26)/t17-/m0/s1. The first-order valence-corrected chi connectivity index (χ1v) is 9.05. The van der Waals surface area contributed by atoms with Crippen LogP contribution in [0.4, 0.5) is 0 Å². The number of ether oxygens (including phenoxy) is 1. The summed E-state index contributed by atoms with van der Waals surface area (Å²) in [7, 11) is 0. The topological polar surface area (TPSA) is 106 Å². The van der Waals surface area contributed by atoms with Crippen molar-refractivity contribution in [3.05, 3.63) is 60.4 Å². The summed E-state index contributed by atoms with van der Waals surface area (Å²) < 4.78 is 10.7. The number of aromatic nitrogens is 4. The molecule has 0 spiro atoms. The first-order chi connectivity index (χ1) is 13.8. The fourth-order valence-electron chi connectivity index (χ4n) is 3.09. The summed E-state index contributed by atoms with van der Waals surface area (Å²) >= 11 is 0. The van der Waals surface area contributed by atoms with Crippen LogP contribution in [-0.2, 0) is 16.1 Å². The van der Waals surface area contributed by atoms with Crippen LogP contribution in [0.15, 0.2) is 53.4 Å². The van der Waals surface area contributed by atoms with Crippen molar-refractivity contribution < 1.29 is 14.1 Å². The maximum absolute atomic E-state index is 13.0. The monoisotopic (exact) mass is 380 g/mol. The van der Waals surface area contributed by atoms with Gasteiger partial charge in [-0.2, -0.15) is 4.98 Å². The van der Waals surface area contributed by atoms with E-state index in [9.17, 15) is 4.79 Å². The molecule has 0 radical (unpaired) electrons. The Morgan fingerprint density at radius 3 is 2.82 bits per heavy atom. The lowest BCUT2D eigenvalue weighted by atomic mass is 10.1. The minimum absolute atomic E-state index is 0.139. The molecule has 0 aliphatic carbocycles. The van der Waals surface area contributed by atoms with E-state index in [0.29, 0.717) is 43.7 Å². The van der Waals surface area contributed by atoms with Crippen molar-refractivity contribution in [2.45, 2.75) is 12.6 Å². The quantitative estimate of drug-likeness (QED) is 0.680. The number of hydrogen-bond donors (Lipinski definition) is 1. The fourth-order valence-corrected chi connectivity index (χ4v) is 3.09. The molecular formula is C19H20N6O3. The van der Waals surface area contributed by atoms with Crippen LogP contribution in [0.2, 0.25) is 0 Å². The molecule has 3 aromatic rings. The van der Waals surface area contributed by atoms with Gasteiger partial charge in [0.15, 0.2) is 0 Å². The van der Waals surface area contributed by atoms with Gasteiger partial charge in [-0.1, -0.05) is 17.3 Å². The van der Waals surface area contributed by atoms with Gasteiger partial charge in [-0.05, 0) is 23.8 Å². The van der Waals surface area contributed by atoms with E-state index in [1.807, 2.05) is 24.3 Å². The zero-order valence-electron chi connectivity index (χ0n) is 15.2. The lowest BCUT2D eigenvalue weighted by Gasteiger charge is -2.33. The summed E-state index contributed by atoms with van der Waals surface area (Å²) in [5.74, 6) is 0.565. The van der Waals surface area contributed by atoms with Crippen molar-refractivity contribution in [1.29, 1.82) is 0 Å². The van der Waals surface area contributed by atoms with Gasteiger partial charge in [0.1, 0.15) is 11.7 Å². The molecule has 1 aliphatic heterocycles. The average Bonchev–Trinajstić information content (AvgIpc) is 3.24. The molecule has 1 atom stereocenters. The molecule has 28 heavy (non-hydrogen) atoms. The number of morpholine rings is 1. The Kier molecular flexibility index (Phi) is 5.64. The minimum atomic E-state index is -0.448. The Bertz CT molecular complexity index is 896. The third-order valence-electron chi connectivity index (χ3n) is 4.44. The van der Waals surface area contributed by atoms with E-state index < -0.39 is 6.04 Å². The van der Waals surface area contributed by atoms with Gasteiger partial charge in [0, 0.05) is 31.7 Å². The molecule has 1 N–H and O–H groups in total.